The van der Waals surface area contributed by atoms with Gasteiger partial charge >= 0.3 is 21.7 Å². The van der Waals surface area contributed by atoms with E-state index >= 15 is 0 Å². The molecular weight excluding hydrogens is 124 g/mol. The predicted octanol–water partition coefficient (Wildman–Crippen LogP) is 1.70. The maximum atomic E-state index is 3.91. The fraction of sp³-hybridized carbons (Fsp3) is 0.750. The summed E-state index contributed by atoms with van der Waals surface area (Å²) in [6.45, 7) is 10.6. The van der Waals surface area contributed by atoms with Crippen molar-refractivity contribution in [3.05, 3.63) is 6.55 Å². The Kier molecular flexibility index (Phi) is 5.02. The third kappa shape index (κ3) is 87.9. The van der Waals surface area contributed by atoms with Gasteiger partial charge in [-0.05, 0) is 0 Å². The van der Waals surface area contributed by atoms with Crippen LogP contribution in [0.2, 0.25) is 19.6 Å². The van der Waals surface area contributed by atoms with Gasteiger partial charge in [-0.2, -0.15) is 0 Å². The van der Waals surface area contributed by atoms with Crippen LogP contribution in [0.5, 0.6) is 0 Å². The first-order valence-electron chi connectivity index (χ1n) is 1.85. The van der Waals surface area contributed by atoms with E-state index < -0.39 is 8.07 Å². The Morgan fingerprint density at radius 1 is 1.17 bits per heavy atom. The molecule has 0 aliphatic heterocycles. The largest absolute Gasteiger partial charge is 2.00 e. The van der Waals surface area contributed by atoms with E-state index in [1.54, 1.807) is 0 Å². The summed E-state index contributed by atoms with van der Waals surface area (Å²) in [7, 11) is -0.861. The van der Waals surface area contributed by atoms with Crippen molar-refractivity contribution < 1.29 is 21.7 Å². The first-order chi connectivity index (χ1) is 2.00. The van der Waals surface area contributed by atoms with E-state index in [-0.39, 0.29) is 21.7 Å². The van der Waals surface area contributed by atoms with Gasteiger partial charge < -0.3 is 6.55 Å². The fourth-order valence-corrected chi connectivity index (χ4v) is 0. The topological polar surface area (TPSA) is 0 Å². The number of hydrogen-bond donors (Lipinski definition) is 0. The SMILES string of the molecule is [CH2-][Si](C)(C)C.[Ti+2]. The van der Waals surface area contributed by atoms with Crippen LogP contribution in [0.15, 0.2) is 0 Å². The van der Waals surface area contributed by atoms with Gasteiger partial charge in [0.1, 0.15) is 0 Å². The van der Waals surface area contributed by atoms with Crippen LogP contribution in [-0.4, -0.2) is 8.07 Å². The molecule has 0 fully saturated rings. The zero-order valence-electron chi connectivity index (χ0n) is 4.71. The molecule has 0 saturated carbocycles. The minimum absolute atomic E-state index is 0. The molecule has 0 amide bonds. The molecule has 0 N–H and O–H groups in total. The van der Waals surface area contributed by atoms with Gasteiger partial charge in [-0.1, -0.05) is 19.6 Å². The van der Waals surface area contributed by atoms with E-state index in [0.717, 1.165) is 0 Å². The molecule has 0 aromatic heterocycles. The van der Waals surface area contributed by atoms with Gasteiger partial charge in [0.05, 0.1) is 0 Å². The van der Waals surface area contributed by atoms with Gasteiger partial charge in [0.15, 0.2) is 0 Å². The summed E-state index contributed by atoms with van der Waals surface area (Å²) in [6, 6.07) is 0. The molecule has 34 valence electrons. The van der Waals surface area contributed by atoms with Gasteiger partial charge in [0.25, 0.3) is 0 Å². The van der Waals surface area contributed by atoms with Crippen molar-refractivity contribution in [3.8, 4) is 0 Å². The van der Waals surface area contributed by atoms with E-state index in [4.69, 9.17) is 0 Å². The Balaban J connectivity index is 0. The second-order valence-corrected chi connectivity index (χ2v) is 7.68. The van der Waals surface area contributed by atoms with Crippen LogP contribution >= 0.6 is 0 Å². The van der Waals surface area contributed by atoms with Gasteiger partial charge in [0, 0.05) is 0 Å². The Morgan fingerprint density at radius 2 is 1.17 bits per heavy atom. The molecule has 0 unspecified atom stereocenters. The molecule has 0 radical (unpaired) electrons. The van der Waals surface area contributed by atoms with E-state index in [1.807, 2.05) is 0 Å². The van der Waals surface area contributed by atoms with Gasteiger partial charge in [-0.3, -0.25) is 0 Å². The normalized spacial score (nSPS) is 10.0. The van der Waals surface area contributed by atoms with Crippen LogP contribution in [0.4, 0.5) is 0 Å². The van der Waals surface area contributed by atoms with Crippen LogP contribution < -0.4 is 0 Å². The zero-order valence-corrected chi connectivity index (χ0v) is 7.27. The van der Waals surface area contributed by atoms with E-state index in [2.05, 4.69) is 26.2 Å². The Morgan fingerprint density at radius 3 is 1.17 bits per heavy atom. The van der Waals surface area contributed by atoms with Crippen LogP contribution in [0.3, 0.4) is 0 Å². The minimum Gasteiger partial charge on any atom is -0.342 e. The molecule has 0 aliphatic carbocycles. The van der Waals surface area contributed by atoms with Gasteiger partial charge in [-0.25, -0.2) is 0 Å². The van der Waals surface area contributed by atoms with Crippen molar-refractivity contribution in [2.45, 2.75) is 19.6 Å². The van der Waals surface area contributed by atoms with Crippen LogP contribution in [0.25, 0.3) is 0 Å². The summed E-state index contributed by atoms with van der Waals surface area (Å²) in [6.07, 6.45) is 0. The molecule has 0 aliphatic rings. The summed E-state index contributed by atoms with van der Waals surface area (Å²) < 4.78 is 0. The third-order valence-corrected chi connectivity index (χ3v) is 0. The van der Waals surface area contributed by atoms with E-state index in [0.29, 0.717) is 0 Å². The standard InChI is InChI=1S/C4H11Si.Ti/c1-5(2,3)4;/h1H2,2-4H3;/q-1;+2. The average Bonchev–Trinajstić information content (AvgIpc) is 0.722. The summed E-state index contributed by atoms with van der Waals surface area (Å²) in [5, 5.41) is 0. The predicted molar refractivity (Wildman–Crippen MR) is 28.7 cm³/mol. The van der Waals surface area contributed by atoms with E-state index in [1.165, 1.54) is 0 Å². The molecule has 6 heavy (non-hydrogen) atoms. The molecule has 0 rings (SSSR count). The van der Waals surface area contributed by atoms with Crippen molar-refractivity contribution >= 4 is 8.07 Å². The smallest absolute Gasteiger partial charge is 0.342 e. The Bertz CT molecular complexity index is 23.0. The average molecular weight is 135 g/mol. The Labute approximate surface area is 56.2 Å². The van der Waals surface area contributed by atoms with Gasteiger partial charge in [0.2, 0.25) is 0 Å². The molecule has 0 spiro atoms. The van der Waals surface area contributed by atoms with Crippen molar-refractivity contribution in [3.63, 3.8) is 0 Å². The summed E-state index contributed by atoms with van der Waals surface area (Å²) in [5.41, 5.74) is 0. The minimum atomic E-state index is -0.861. The summed E-state index contributed by atoms with van der Waals surface area (Å²) in [5.74, 6) is 0. The first-order valence-corrected chi connectivity index (χ1v) is 5.56. The third-order valence-electron chi connectivity index (χ3n) is 0. The second-order valence-electron chi connectivity index (χ2n) is 2.56. The van der Waals surface area contributed by atoms with Gasteiger partial charge in [-0.15, -0.1) is 8.07 Å². The van der Waals surface area contributed by atoms with E-state index in [9.17, 15) is 0 Å². The fourth-order valence-electron chi connectivity index (χ4n) is 0. The quantitative estimate of drug-likeness (QED) is 0.350. The Hall–Kier alpha value is 0.931. The molecule has 0 saturated heterocycles. The summed E-state index contributed by atoms with van der Waals surface area (Å²) >= 11 is 0. The second kappa shape index (κ2) is 3.00. The summed E-state index contributed by atoms with van der Waals surface area (Å²) in [4.78, 5) is 0. The monoisotopic (exact) mass is 135 g/mol. The van der Waals surface area contributed by atoms with Crippen LogP contribution in [-0.2, 0) is 21.7 Å². The molecule has 0 heterocycles. The molecule has 2 heteroatoms. The van der Waals surface area contributed by atoms with Crippen molar-refractivity contribution in [2.24, 2.45) is 0 Å². The maximum absolute atomic E-state index is 3.91. The molecule has 0 nitrogen and oxygen atoms in total. The first kappa shape index (κ1) is 10.0. The zero-order chi connectivity index (χ0) is 4.50. The molecule has 0 atom stereocenters. The van der Waals surface area contributed by atoms with Crippen LogP contribution in [0, 0.1) is 6.55 Å². The number of rotatable bonds is 0. The molecule has 0 aromatic carbocycles. The molecular formula is C4H11SiTi+. The van der Waals surface area contributed by atoms with Crippen molar-refractivity contribution in [1.29, 1.82) is 0 Å². The van der Waals surface area contributed by atoms with Crippen LogP contribution in [0.1, 0.15) is 0 Å². The molecule has 0 aromatic rings. The molecule has 0 bridgehead atoms. The van der Waals surface area contributed by atoms with Crippen molar-refractivity contribution in [2.75, 3.05) is 0 Å². The number of hydrogen-bond acceptors (Lipinski definition) is 0. The van der Waals surface area contributed by atoms with Crippen molar-refractivity contribution in [1.82, 2.24) is 0 Å². The maximum Gasteiger partial charge on any atom is 2.00 e.